The lowest BCUT2D eigenvalue weighted by molar-refractivity contribution is -0.135. The zero-order chi connectivity index (χ0) is 22.5. The van der Waals surface area contributed by atoms with Crippen LogP contribution in [-0.4, -0.2) is 35.2 Å². The fourth-order valence-electron chi connectivity index (χ4n) is 6.16. The summed E-state index contributed by atoms with van der Waals surface area (Å²) in [4.78, 5) is 43.9. The molecular weight excluding hydrogens is 480 g/mol. The van der Waals surface area contributed by atoms with Gasteiger partial charge in [0.15, 0.2) is 0 Å². The minimum Gasteiger partial charge on any atom is -0.322 e. The summed E-state index contributed by atoms with van der Waals surface area (Å²) in [6.45, 7) is 0.472. The number of rotatable bonds is 1. The van der Waals surface area contributed by atoms with Crippen LogP contribution in [0.4, 0.5) is 15.8 Å². The minimum absolute atomic E-state index is 0.0431. The Morgan fingerprint density at radius 1 is 1.03 bits per heavy atom. The number of fused-ring (bicyclic) bond motifs is 7. The number of carbonyl (C=O) groups excluding carboxylic acids is 3. The Morgan fingerprint density at radius 3 is 2.47 bits per heavy atom. The number of imide groups is 1. The maximum absolute atomic E-state index is 15.3. The molecule has 1 N–H and O–H groups in total. The molecule has 4 atom stereocenters. The van der Waals surface area contributed by atoms with Gasteiger partial charge in [0.05, 0.1) is 28.2 Å². The number of hydrogen-bond donors (Lipinski definition) is 1. The summed E-state index contributed by atoms with van der Waals surface area (Å²) in [6, 6.07) is 6.64. The van der Waals surface area contributed by atoms with Gasteiger partial charge in [0.25, 0.3) is 5.91 Å². The maximum Gasteiger partial charge on any atom is 0.250 e. The van der Waals surface area contributed by atoms with Crippen LogP contribution >= 0.6 is 34.8 Å². The second-order valence-electron chi connectivity index (χ2n) is 8.55. The van der Waals surface area contributed by atoms with E-state index in [-0.39, 0.29) is 38.0 Å². The minimum atomic E-state index is -1.64. The average Bonchev–Trinajstić information content (AvgIpc) is 3.42. The van der Waals surface area contributed by atoms with Gasteiger partial charge >= 0.3 is 0 Å². The van der Waals surface area contributed by atoms with E-state index >= 15 is 4.39 Å². The molecule has 4 unspecified atom stereocenters. The fraction of sp³-hybridized carbons (Fsp3) is 0.318. The monoisotopic (exact) mass is 493 g/mol. The van der Waals surface area contributed by atoms with Gasteiger partial charge in [0.1, 0.15) is 11.4 Å². The zero-order valence-corrected chi connectivity index (χ0v) is 18.6. The van der Waals surface area contributed by atoms with Gasteiger partial charge < -0.3 is 5.32 Å². The van der Waals surface area contributed by atoms with E-state index in [1.54, 1.807) is 0 Å². The van der Waals surface area contributed by atoms with E-state index in [9.17, 15) is 14.4 Å². The van der Waals surface area contributed by atoms with Crippen LogP contribution in [0.3, 0.4) is 0 Å². The molecule has 4 heterocycles. The molecule has 2 aromatic rings. The molecule has 0 saturated carbocycles. The standard InChI is InChI=1S/C22H15Cl3FN3O3/c23-9-6-10(24)8-11(7-9)29-19(30)15-14-2-1-5-28(14)22(17(15)20(29)31)16-13(26)4-3-12(25)18(16)27-21(22)32/h3-4,6-8,14-15,17H,1-2,5H2,(H,27,32). The van der Waals surface area contributed by atoms with E-state index in [2.05, 4.69) is 5.32 Å². The molecule has 2 aromatic carbocycles. The van der Waals surface area contributed by atoms with Crippen molar-refractivity contribution in [1.82, 2.24) is 4.90 Å². The first-order chi connectivity index (χ1) is 15.3. The first-order valence-corrected chi connectivity index (χ1v) is 11.3. The van der Waals surface area contributed by atoms with Crippen molar-refractivity contribution in [3.05, 3.63) is 56.8 Å². The molecule has 0 aromatic heterocycles. The molecule has 4 aliphatic heterocycles. The highest BCUT2D eigenvalue weighted by molar-refractivity contribution is 6.36. The number of halogens is 4. The van der Waals surface area contributed by atoms with Gasteiger partial charge in [-0.25, -0.2) is 9.29 Å². The first-order valence-electron chi connectivity index (χ1n) is 10.2. The highest BCUT2D eigenvalue weighted by Gasteiger charge is 2.75. The van der Waals surface area contributed by atoms with Crippen molar-refractivity contribution in [3.63, 3.8) is 0 Å². The van der Waals surface area contributed by atoms with Crippen LogP contribution in [0.1, 0.15) is 18.4 Å². The van der Waals surface area contributed by atoms with Gasteiger partial charge in [-0.1, -0.05) is 34.8 Å². The van der Waals surface area contributed by atoms with Gasteiger partial charge in [-0.15, -0.1) is 0 Å². The molecule has 6 rings (SSSR count). The number of benzene rings is 2. The van der Waals surface area contributed by atoms with Crippen LogP contribution in [0.15, 0.2) is 30.3 Å². The maximum atomic E-state index is 15.3. The number of nitrogens with one attached hydrogen (secondary N) is 1. The molecule has 3 amide bonds. The Labute approximate surface area is 197 Å². The Morgan fingerprint density at radius 2 is 1.75 bits per heavy atom. The second-order valence-corrected chi connectivity index (χ2v) is 9.83. The van der Waals surface area contributed by atoms with Crippen molar-refractivity contribution in [3.8, 4) is 0 Å². The summed E-state index contributed by atoms with van der Waals surface area (Å²) in [5, 5.41) is 3.41. The number of carbonyl (C=O) groups is 3. The van der Waals surface area contributed by atoms with Crippen molar-refractivity contribution in [2.24, 2.45) is 11.8 Å². The van der Waals surface area contributed by atoms with Gasteiger partial charge in [0, 0.05) is 21.7 Å². The van der Waals surface area contributed by atoms with Gasteiger partial charge in [-0.05, 0) is 49.7 Å². The Kier molecular flexibility index (Phi) is 4.25. The lowest BCUT2D eigenvalue weighted by Crippen LogP contribution is -2.54. The number of hydrogen-bond acceptors (Lipinski definition) is 4. The average molecular weight is 495 g/mol. The van der Waals surface area contributed by atoms with Crippen LogP contribution in [0, 0.1) is 17.7 Å². The molecule has 4 aliphatic rings. The normalized spacial score (nSPS) is 30.8. The third-order valence-electron chi connectivity index (χ3n) is 7.14. The van der Waals surface area contributed by atoms with E-state index in [1.165, 1.54) is 30.3 Å². The fourth-order valence-corrected chi connectivity index (χ4v) is 6.88. The molecule has 6 nitrogen and oxygen atoms in total. The molecule has 0 aliphatic carbocycles. The van der Waals surface area contributed by atoms with Gasteiger partial charge in [-0.3, -0.25) is 19.3 Å². The van der Waals surface area contributed by atoms with E-state index < -0.39 is 40.9 Å². The summed E-state index contributed by atoms with van der Waals surface area (Å²) >= 11 is 18.5. The quantitative estimate of drug-likeness (QED) is 0.603. The number of amides is 3. The Hall–Kier alpha value is -2.19. The SMILES string of the molecule is O=C1C2C3CCCN3C3(C(=O)Nc4c(Cl)ccc(F)c43)C2C(=O)N1c1cc(Cl)cc(Cl)c1. The van der Waals surface area contributed by atoms with Crippen molar-refractivity contribution < 1.29 is 18.8 Å². The van der Waals surface area contributed by atoms with Crippen LogP contribution in [0.2, 0.25) is 15.1 Å². The molecule has 3 fully saturated rings. The third-order valence-corrected chi connectivity index (χ3v) is 7.89. The van der Waals surface area contributed by atoms with Crippen molar-refractivity contribution in [1.29, 1.82) is 0 Å². The second kappa shape index (κ2) is 6.67. The Bertz CT molecular complexity index is 1230. The topological polar surface area (TPSA) is 69.7 Å². The number of nitrogens with zero attached hydrogens (tertiary/aromatic N) is 2. The lowest BCUT2D eigenvalue weighted by atomic mass is 9.75. The molecule has 0 radical (unpaired) electrons. The molecule has 10 heteroatoms. The van der Waals surface area contributed by atoms with Gasteiger partial charge in [-0.2, -0.15) is 0 Å². The van der Waals surface area contributed by atoms with Crippen LogP contribution < -0.4 is 10.2 Å². The molecule has 3 saturated heterocycles. The van der Waals surface area contributed by atoms with Gasteiger partial charge in [0.2, 0.25) is 11.8 Å². The van der Waals surface area contributed by atoms with Crippen LogP contribution in [-0.2, 0) is 19.9 Å². The lowest BCUT2D eigenvalue weighted by Gasteiger charge is -2.36. The molecule has 0 bridgehead atoms. The van der Waals surface area contributed by atoms with Crippen LogP contribution in [0.25, 0.3) is 0 Å². The summed E-state index contributed by atoms with van der Waals surface area (Å²) in [5.41, 5.74) is -1.20. The molecule has 32 heavy (non-hydrogen) atoms. The van der Waals surface area contributed by atoms with E-state index in [0.29, 0.717) is 13.0 Å². The highest BCUT2D eigenvalue weighted by atomic mass is 35.5. The first kappa shape index (κ1) is 20.4. The van der Waals surface area contributed by atoms with Crippen molar-refractivity contribution in [2.45, 2.75) is 24.4 Å². The Balaban J connectivity index is 1.59. The van der Waals surface area contributed by atoms with Crippen molar-refractivity contribution in [2.75, 3.05) is 16.8 Å². The summed E-state index contributed by atoms with van der Waals surface area (Å²) in [5.74, 6) is -4.07. The number of anilines is 2. The summed E-state index contributed by atoms with van der Waals surface area (Å²) in [6.07, 6.45) is 1.35. The highest BCUT2D eigenvalue weighted by Crippen LogP contribution is 2.62. The smallest absolute Gasteiger partial charge is 0.250 e. The zero-order valence-electron chi connectivity index (χ0n) is 16.4. The predicted molar refractivity (Wildman–Crippen MR) is 117 cm³/mol. The largest absolute Gasteiger partial charge is 0.322 e. The van der Waals surface area contributed by atoms with E-state index in [1.807, 2.05) is 4.90 Å². The third kappa shape index (κ3) is 2.32. The van der Waals surface area contributed by atoms with E-state index in [0.717, 1.165) is 11.3 Å². The predicted octanol–water partition coefficient (Wildman–Crippen LogP) is 4.22. The summed E-state index contributed by atoms with van der Waals surface area (Å²) < 4.78 is 15.3. The molecule has 164 valence electrons. The van der Waals surface area contributed by atoms with Crippen LogP contribution in [0.5, 0.6) is 0 Å². The van der Waals surface area contributed by atoms with E-state index in [4.69, 9.17) is 34.8 Å². The molecule has 1 spiro atoms. The molecular formula is C22H15Cl3FN3O3. The van der Waals surface area contributed by atoms with Crippen molar-refractivity contribution >= 4 is 63.9 Å². The summed E-state index contributed by atoms with van der Waals surface area (Å²) in [7, 11) is 0.